The van der Waals surface area contributed by atoms with Gasteiger partial charge in [0.2, 0.25) is 0 Å². The van der Waals surface area contributed by atoms with E-state index in [1.165, 1.54) is 0 Å². The summed E-state index contributed by atoms with van der Waals surface area (Å²) in [6.45, 7) is 0.166. The molecular weight excluding hydrogens is 268 g/mol. The Morgan fingerprint density at radius 3 is 2.10 bits per heavy atom. The summed E-state index contributed by atoms with van der Waals surface area (Å²) >= 11 is 0. The van der Waals surface area contributed by atoms with Gasteiger partial charge in [-0.2, -0.15) is 0 Å². The molecule has 2 rings (SSSR count). The first kappa shape index (κ1) is 14.8. The molecule has 108 valence electrons. The molecule has 0 aliphatic heterocycles. The zero-order valence-electron chi connectivity index (χ0n) is 11.4. The first-order valence-corrected chi connectivity index (χ1v) is 6.67. The third kappa shape index (κ3) is 4.18. The van der Waals surface area contributed by atoms with Crippen molar-refractivity contribution in [1.82, 2.24) is 0 Å². The van der Waals surface area contributed by atoms with Gasteiger partial charge in [-0.15, -0.1) is 0 Å². The molecule has 0 aromatic heterocycles. The maximum atomic E-state index is 12.0. The van der Waals surface area contributed by atoms with Crippen LogP contribution in [-0.2, 0) is 20.7 Å². The largest absolute Gasteiger partial charge is 0.480 e. The van der Waals surface area contributed by atoms with Gasteiger partial charge in [-0.1, -0.05) is 60.7 Å². The highest BCUT2D eigenvalue weighted by molar-refractivity contribution is 5.99. The SMILES string of the molecule is O=C(O)C(C(=O)OCCc1ccccc1)c1ccccc1. The van der Waals surface area contributed by atoms with Crippen LogP contribution in [0.4, 0.5) is 0 Å². The van der Waals surface area contributed by atoms with E-state index in [4.69, 9.17) is 4.74 Å². The van der Waals surface area contributed by atoms with Gasteiger partial charge in [0, 0.05) is 6.42 Å². The number of carbonyl (C=O) groups excluding carboxylic acids is 1. The average molecular weight is 284 g/mol. The van der Waals surface area contributed by atoms with Crippen LogP contribution in [0, 0.1) is 0 Å². The fraction of sp³-hybridized carbons (Fsp3) is 0.176. The molecule has 4 nitrogen and oxygen atoms in total. The maximum absolute atomic E-state index is 12.0. The van der Waals surface area contributed by atoms with Crippen LogP contribution in [0.2, 0.25) is 0 Å². The predicted molar refractivity (Wildman–Crippen MR) is 77.9 cm³/mol. The molecule has 2 aromatic rings. The van der Waals surface area contributed by atoms with Gasteiger partial charge in [0.05, 0.1) is 6.61 Å². The Kier molecular flexibility index (Phi) is 5.10. The molecule has 0 aliphatic rings. The lowest BCUT2D eigenvalue weighted by Gasteiger charge is -2.12. The van der Waals surface area contributed by atoms with Crippen LogP contribution in [0.1, 0.15) is 17.0 Å². The van der Waals surface area contributed by atoms with Crippen molar-refractivity contribution in [3.8, 4) is 0 Å². The minimum Gasteiger partial charge on any atom is -0.480 e. The van der Waals surface area contributed by atoms with Crippen LogP contribution in [0.15, 0.2) is 60.7 Å². The third-order valence-electron chi connectivity index (χ3n) is 3.09. The van der Waals surface area contributed by atoms with Gasteiger partial charge in [0.15, 0.2) is 5.92 Å². The predicted octanol–water partition coefficient (Wildman–Crippen LogP) is 2.64. The zero-order chi connectivity index (χ0) is 15.1. The highest BCUT2D eigenvalue weighted by Crippen LogP contribution is 2.17. The number of aliphatic carboxylic acids is 1. The molecule has 2 aromatic carbocycles. The van der Waals surface area contributed by atoms with Crippen LogP contribution in [0.25, 0.3) is 0 Å². The van der Waals surface area contributed by atoms with Crippen molar-refractivity contribution in [2.75, 3.05) is 6.61 Å². The number of benzene rings is 2. The van der Waals surface area contributed by atoms with Crippen molar-refractivity contribution in [2.24, 2.45) is 0 Å². The zero-order valence-corrected chi connectivity index (χ0v) is 11.4. The summed E-state index contributed by atoms with van der Waals surface area (Å²) in [4.78, 5) is 23.2. The lowest BCUT2D eigenvalue weighted by molar-refractivity contribution is -0.154. The van der Waals surface area contributed by atoms with Crippen LogP contribution in [0.5, 0.6) is 0 Å². The Morgan fingerprint density at radius 2 is 1.52 bits per heavy atom. The van der Waals surface area contributed by atoms with Crippen molar-refractivity contribution in [3.05, 3.63) is 71.8 Å². The molecule has 0 amide bonds. The molecule has 0 aliphatic carbocycles. The van der Waals surface area contributed by atoms with E-state index in [0.29, 0.717) is 12.0 Å². The summed E-state index contributed by atoms with van der Waals surface area (Å²) in [5, 5.41) is 9.21. The van der Waals surface area contributed by atoms with Crippen molar-refractivity contribution in [1.29, 1.82) is 0 Å². The number of hydrogen-bond donors (Lipinski definition) is 1. The molecule has 0 bridgehead atoms. The molecule has 0 radical (unpaired) electrons. The molecule has 0 heterocycles. The second-order valence-corrected chi connectivity index (χ2v) is 4.59. The molecule has 1 unspecified atom stereocenters. The number of hydrogen-bond acceptors (Lipinski definition) is 3. The Morgan fingerprint density at radius 1 is 0.952 bits per heavy atom. The summed E-state index contributed by atoms with van der Waals surface area (Å²) in [5.41, 5.74) is 1.46. The fourth-order valence-corrected chi connectivity index (χ4v) is 2.02. The fourth-order valence-electron chi connectivity index (χ4n) is 2.02. The summed E-state index contributed by atoms with van der Waals surface area (Å²) in [6, 6.07) is 18.0. The van der Waals surface area contributed by atoms with E-state index in [1.807, 2.05) is 30.3 Å². The molecule has 1 atom stereocenters. The van der Waals surface area contributed by atoms with Gasteiger partial charge in [-0.05, 0) is 11.1 Å². The first-order chi connectivity index (χ1) is 10.2. The second-order valence-electron chi connectivity index (χ2n) is 4.59. The van der Waals surface area contributed by atoms with E-state index < -0.39 is 17.9 Å². The highest BCUT2D eigenvalue weighted by atomic mass is 16.5. The molecule has 21 heavy (non-hydrogen) atoms. The smallest absolute Gasteiger partial charge is 0.324 e. The summed E-state index contributed by atoms with van der Waals surface area (Å²) in [6.07, 6.45) is 0.563. The van der Waals surface area contributed by atoms with Gasteiger partial charge >= 0.3 is 11.9 Å². The number of carboxylic acids is 1. The van der Waals surface area contributed by atoms with E-state index in [0.717, 1.165) is 5.56 Å². The Balaban J connectivity index is 1.95. The van der Waals surface area contributed by atoms with Crippen LogP contribution in [-0.4, -0.2) is 23.7 Å². The lowest BCUT2D eigenvalue weighted by atomic mass is 10.00. The molecule has 0 saturated heterocycles. The summed E-state index contributed by atoms with van der Waals surface area (Å²) in [5.74, 6) is -3.21. The number of carbonyl (C=O) groups is 2. The van der Waals surface area contributed by atoms with Crippen molar-refractivity contribution < 1.29 is 19.4 Å². The Bertz CT molecular complexity index is 593. The van der Waals surface area contributed by atoms with E-state index in [2.05, 4.69) is 0 Å². The van der Waals surface area contributed by atoms with Gasteiger partial charge in [0.1, 0.15) is 0 Å². The van der Waals surface area contributed by atoms with Crippen LogP contribution >= 0.6 is 0 Å². The minimum absolute atomic E-state index is 0.166. The molecular formula is C17H16O4. The van der Waals surface area contributed by atoms with Gasteiger partial charge in [-0.3, -0.25) is 9.59 Å². The Hall–Kier alpha value is -2.62. The standard InChI is InChI=1S/C17H16O4/c18-16(19)15(14-9-5-2-6-10-14)17(20)21-12-11-13-7-3-1-4-8-13/h1-10,15H,11-12H2,(H,18,19). The van der Waals surface area contributed by atoms with E-state index in [1.54, 1.807) is 30.3 Å². The van der Waals surface area contributed by atoms with Gasteiger partial charge in [-0.25, -0.2) is 0 Å². The van der Waals surface area contributed by atoms with E-state index in [9.17, 15) is 14.7 Å². The van der Waals surface area contributed by atoms with Crippen molar-refractivity contribution in [3.63, 3.8) is 0 Å². The minimum atomic E-state index is -1.28. The number of rotatable bonds is 6. The third-order valence-corrected chi connectivity index (χ3v) is 3.09. The summed E-state index contributed by atoms with van der Waals surface area (Å²) < 4.78 is 5.10. The van der Waals surface area contributed by atoms with Crippen LogP contribution < -0.4 is 0 Å². The van der Waals surface area contributed by atoms with Crippen molar-refractivity contribution in [2.45, 2.75) is 12.3 Å². The second kappa shape index (κ2) is 7.24. The molecule has 0 spiro atoms. The monoisotopic (exact) mass is 284 g/mol. The molecule has 0 saturated carbocycles. The molecule has 1 N–H and O–H groups in total. The van der Waals surface area contributed by atoms with Gasteiger partial charge in [0.25, 0.3) is 0 Å². The average Bonchev–Trinajstić information content (AvgIpc) is 2.49. The number of carboxylic acid groups (broad SMARTS) is 1. The van der Waals surface area contributed by atoms with E-state index >= 15 is 0 Å². The Labute approximate surface area is 123 Å². The van der Waals surface area contributed by atoms with Gasteiger partial charge < -0.3 is 9.84 Å². The number of esters is 1. The van der Waals surface area contributed by atoms with Crippen molar-refractivity contribution >= 4 is 11.9 Å². The topological polar surface area (TPSA) is 63.6 Å². The molecule has 4 heteroatoms. The molecule has 0 fully saturated rings. The van der Waals surface area contributed by atoms with E-state index in [-0.39, 0.29) is 6.61 Å². The lowest BCUT2D eigenvalue weighted by Crippen LogP contribution is -2.24. The normalized spacial score (nSPS) is 11.6. The summed E-state index contributed by atoms with van der Waals surface area (Å²) in [7, 11) is 0. The highest BCUT2D eigenvalue weighted by Gasteiger charge is 2.29. The van der Waals surface area contributed by atoms with Crippen LogP contribution in [0.3, 0.4) is 0 Å². The number of ether oxygens (including phenoxy) is 1. The quantitative estimate of drug-likeness (QED) is 0.654. The maximum Gasteiger partial charge on any atom is 0.324 e. The first-order valence-electron chi connectivity index (χ1n) is 6.67.